The van der Waals surface area contributed by atoms with E-state index in [0.29, 0.717) is 35.7 Å². The van der Waals surface area contributed by atoms with Crippen molar-refractivity contribution in [2.24, 2.45) is 0 Å². The number of nitrogens with one attached hydrogen (secondary N) is 2. The first kappa shape index (κ1) is 26.1. The number of anilines is 1. The summed E-state index contributed by atoms with van der Waals surface area (Å²) in [4.78, 5) is 25.5. The minimum atomic E-state index is -5.08. The van der Waals surface area contributed by atoms with Gasteiger partial charge in [0.1, 0.15) is 29.1 Å². The fraction of sp³-hybridized carbons (Fsp3) is 0.167. The van der Waals surface area contributed by atoms with Gasteiger partial charge in [0, 0.05) is 30.1 Å². The summed E-state index contributed by atoms with van der Waals surface area (Å²) in [6, 6.07) is 14.7. The van der Waals surface area contributed by atoms with Crippen LogP contribution in [-0.4, -0.2) is 34.7 Å². The number of pyridine rings is 1. The number of fused-ring (bicyclic) bond motifs is 1. The molecule has 0 aliphatic carbocycles. The molecule has 8 nitrogen and oxygen atoms in total. The lowest BCUT2D eigenvalue weighted by Crippen LogP contribution is -2.27. The molecule has 2 aromatic carbocycles. The van der Waals surface area contributed by atoms with Gasteiger partial charge in [-0.2, -0.15) is 18.4 Å². The van der Waals surface area contributed by atoms with Crippen LogP contribution in [0, 0.1) is 17.1 Å². The molecule has 0 saturated carbocycles. The number of alkyl halides is 3. The van der Waals surface area contributed by atoms with E-state index in [-0.39, 0.29) is 11.6 Å². The largest absolute Gasteiger partial charge is 0.490 e. The highest BCUT2D eigenvalue weighted by Crippen LogP contribution is 2.25. The molecule has 1 amide bonds. The van der Waals surface area contributed by atoms with Gasteiger partial charge >= 0.3 is 12.1 Å². The number of ether oxygens (including phenoxy) is 1. The maximum absolute atomic E-state index is 13.9. The van der Waals surface area contributed by atoms with E-state index in [1.165, 1.54) is 24.4 Å². The van der Waals surface area contributed by atoms with E-state index in [1.54, 1.807) is 30.3 Å². The molecule has 36 heavy (non-hydrogen) atoms. The molecule has 0 bridgehead atoms. The Bertz CT molecular complexity index is 1300. The van der Waals surface area contributed by atoms with E-state index in [0.717, 1.165) is 17.7 Å². The van der Waals surface area contributed by atoms with Gasteiger partial charge in [-0.25, -0.2) is 14.2 Å². The highest BCUT2D eigenvalue weighted by molar-refractivity contribution is 6.05. The number of carbonyl (C=O) groups is 2. The summed E-state index contributed by atoms with van der Waals surface area (Å²) in [5, 5.41) is 22.0. The Balaban J connectivity index is 0.000000454. The Morgan fingerprint density at radius 1 is 1.11 bits per heavy atom. The molecule has 1 aromatic heterocycles. The van der Waals surface area contributed by atoms with Crippen LogP contribution < -0.4 is 15.4 Å². The molecule has 0 radical (unpaired) electrons. The summed E-state index contributed by atoms with van der Waals surface area (Å²) in [6.45, 7) is 1.31. The van der Waals surface area contributed by atoms with Crippen molar-refractivity contribution in [3.8, 4) is 17.6 Å². The molecule has 4 rings (SSSR count). The lowest BCUT2D eigenvalue weighted by molar-refractivity contribution is -0.192. The molecular formula is C24H18F4N4O4. The summed E-state index contributed by atoms with van der Waals surface area (Å²) < 4.78 is 51.4. The highest BCUT2D eigenvalue weighted by Gasteiger charge is 2.38. The first-order valence-electron chi connectivity index (χ1n) is 10.3. The van der Waals surface area contributed by atoms with Crippen LogP contribution in [0.4, 0.5) is 23.2 Å². The van der Waals surface area contributed by atoms with Crippen LogP contribution in [0.15, 0.2) is 54.7 Å². The lowest BCUT2D eigenvalue weighted by atomic mass is 9.94. The van der Waals surface area contributed by atoms with Gasteiger partial charge in [0.2, 0.25) is 0 Å². The quantitative estimate of drug-likeness (QED) is 0.451. The molecule has 0 fully saturated rings. The number of nitrogens with zero attached hydrogens (tertiary/aromatic N) is 2. The molecule has 12 heteroatoms. The Labute approximate surface area is 202 Å². The fourth-order valence-electron chi connectivity index (χ4n) is 3.26. The number of hydrogen-bond acceptors (Lipinski definition) is 6. The Kier molecular flexibility index (Phi) is 8.18. The van der Waals surface area contributed by atoms with Crippen LogP contribution in [0.5, 0.6) is 11.5 Å². The second-order valence-electron chi connectivity index (χ2n) is 7.39. The molecule has 0 spiro atoms. The average molecular weight is 502 g/mol. The average Bonchev–Trinajstić information content (AvgIpc) is 2.84. The number of aliphatic carboxylic acids is 1. The standard InChI is InChI=1S/C22H17FN4O2.C2HF3O2/c23-15-9-14-13-25-7-6-20(14)21(10-15)22(28)27-16-1-3-18(4-2-16)29-19-5-8-26-17(11-19)12-24;3-2(4,5)1(6)7/h1-5,8-11,25H,6-7,13H2,(H,27,28);(H,6,7). The van der Waals surface area contributed by atoms with Crippen molar-refractivity contribution >= 4 is 17.6 Å². The van der Waals surface area contributed by atoms with Crippen LogP contribution >= 0.6 is 0 Å². The maximum atomic E-state index is 13.9. The van der Waals surface area contributed by atoms with Crippen LogP contribution in [0.2, 0.25) is 0 Å². The van der Waals surface area contributed by atoms with Crippen molar-refractivity contribution in [3.05, 3.63) is 82.9 Å². The van der Waals surface area contributed by atoms with Gasteiger partial charge in [-0.1, -0.05) is 0 Å². The van der Waals surface area contributed by atoms with Gasteiger partial charge in [0.05, 0.1) is 0 Å². The molecule has 0 saturated heterocycles. The van der Waals surface area contributed by atoms with Crippen molar-refractivity contribution in [2.75, 3.05) is 11.9 Å². The lowest BCUT2D eigenvalue weighted by Gasteiger charge is -2.20. The number of hydrogen-bond donors (Lipinski definition) is 3. The van der Waals surface area contributed by atoms with Crippen LogP contribution in [0.25, 0.3) is 0 Å². The Morgan fingerprint density at radius 2 is 1.81 bits per heavy atom. The van der Waals surface area contributed by atoms with E-state index >= 15 is 0 Å². The normalized spacial score (nSPS) is 12.3. The number of nitriles is 1. The smallest absolute Gasteiger partial charge is 0.475 e. The van der Waals surface area contributed by atoms with Crippen molar-refractivity contribution in [3.63, 3.8) is 0 Å². The van der Waals surface area contributed by atoms with Crippen molar-refractivity contribution in [2.45, 2.75) is 19.1 Å². The van der Waals surface area contributed by atoms with Gasteiger partial charge in [-0.3, -0.25) is 4.79 Å². The van der Waals surface area contributed by atoms with Crippen LogP contribution in [0.3, 0.4) is 0 Å². The fourth-order valence-corrected chi connectivity index (χ4v) is 3.26. The zero-order valence-corrected chi connectivity index (χ0v) is 18.4. The third kappa shape index (κ3) is 7.00. The molecule has 1 aliphatic heterocycles. The second kappa shape index (κ2) is 11.3. The zero-order chi connectivity index (χ0) is 26.3. The monoisotopic (exact) mass is 502 g/mol. The van der Waals surface area contributed by atoms with E-state index in [9.17, 15) is 22.4 Å². The van der Waals surface area contributed by atoms with E-state index < -0.39 is 18.0 Å². The van der Waals surface area contributed by atoms with Crippen molar-refractivity contribution < 1.29 is 37.0 Å². The third-order valence-corrected chi connectivity index (χ3v) is 4.86. The molecule has 0 unspecified atom stereocenters. The SMILES string of the molecule is N#Cc1cc(Oc2ccc(NC(=O)c3cc(F)cc4c3CCNC4)cc2)ccn1.O=C(O)C(F)(F)F. The summed E-state index contributed by atoms with van der Waals surface area (Å²) in [6.07, 6.45) is -2.90. The summed E-state index contributed by atoms with van der Waals surface area (Å²) in [5.74, 6) is -2.48. The number of halogens is 4. The van der Waals surface area contributed by atoms with Gasteiger partial charge in [0.15, 0.2) is 0 Å². The number of amides is 1. The second-order valence-corrected chi connectivity index (χ2v) is 7.39. The zero-order valence-electron chi connectivity index (χ0n) is 18.4. The predicted octanol–water partition coefficient (Wildman–Crippen LogP) is 4.42. The van der Waals surface area contributed by atoms with Gasteiger partial charge < -0.3 is 20.5 Å². The topological polar surface area (TPSA) is 124 Å². The minimum absolute atomic E-state index is 0.264. The van der Waals surface area contributed by atoms with E-state index in [4.69, 9.17) is 19.9 Å². The minimum Gasteiger partial charge on any atom is -0.475 e. The van der Waals surface area contributed by atoms with Gasteiger partial charge in [-0.05, 0) is 66.6 Å². The third-order valence-electron chi connectivity index (χ3n) is 4.86. The molecule has 1 aliphatic rings. The van der Waals surface area contributed by atoms with Crippen molar-refractivity contribution in [1.29, 1.82) is 5.26 Å². The summed E-state index contributed by atoms with van der Waals surface area (Å²) >= 11 is 0. The van der Waals surface area contributed by atoms with Crippen LogP contribution in [-0.2, 0) is 17.8 Å². The van der Waals surface area contributed by atoms with E-state index in [2.05, 4.69) is 15.6 Å². The molecule has 3 aromatic rings. The molecular weight excluding hydrogens is 484 g/mol. The molecule has 186 valence electrons. The molecule has 0 atom stereocenters. The van der Waals surface area contributed by atoms with Crippen molar-refractivity contribution in [1.82, 2.24) is 10.3 Å². The first-order chi connectivity index (χ1) is 17.1. The van der Waals surface area contributed by atoms with E-state index in [1.807, 2.05) is 6.07 Å². The number of carboxylic acid groups (broad SMARTS) is 1. The number of benzene rings is 2. The Morgan fingerprint density at radius 3 is 2.44 bits per heavy atom. The number of rotatable bonds is 4. The summed E-state index contributed by atoms with van der Waals surface area (Å²) in [7, 11) is 0. The van der Waals surface area contributed by atoms with Crippen LogP contribution in [0.1, 0.15) is 27.2 Å². The number of carbonyl (C=O) groups excluding carboxylic acids is 1. The predicted molar refractivity (Wildman–Crippen MR) is 119 cm³/mol. The van der Waals surface area contributed by atoms with Gasteiger partial charge in [0.25, 0.3) is 5.91 Å². The maximum Gasteiger partial charge on any atom is 0.490 e. The first-order valence-corrected chi connectivity index (χ1v) is 10.3. The summed E-state index contributed by atoms with van der Waals surface area (Å²) in [5.41, 5.74) is 2.90. The number of carboxylic acids is 1. The Hall–Kier alpha value is -4.50. The molecule has 3 N–H and O–H groups in total. The number of aromatic nitrogens is 1. The van der Waals surface area contributed by atoms with Gasteiger partial charge in [-0.15, -0.1) is 0 Å². The highest BCUT2D eigenvalue weighted by atomic mass is 19.4. The molecule has 2 heterocycles.